The summed E-state index contributed by atoms with van der Waals surface area (Å²) in [5.41, 5.74) is 2.70. The van der Waals surface area contributed by atoms with Gasteiger partial charge in [0.25, 0.3) is 5.91 Å². The molecular formula is C27H23N3O3S. The second-order valence-electron chi connectivity index (χ2n) is 7.55. The number of nitriles is 1. The third-order valence-electron chi connectivity index (χ3n) is 4.89. The SMILES string of the molecule is Cc1cccc(OCCCOc2ccc(/C=C(\C#N)C(=O)Nc3nc4ccccc4s3)cc2)c1. The van der Waals surface area contributed by atoms with Crippen LogP contribution in [0, 0.1) is 18.3 Å². The fourth-order valence-corrected chi connectivity index (χ4v) is 4.07. The summed E-state index contributed by atoms with van der Waals surface area (Å²) < 4.78 is 12.4. The Balaban J connectivity index is 1.28. The molecule has 170 valence electrons. The van der Waals surface area contributed by atoms with Gasteiger partial charge < -0.3 is 9.47 Å². The second kappa shape index (κ2) is 11.1. The first-order chi connectivity index (χ1) is 16.6. The van der Waals surface area contributed by atoms with Crippen LogP contribution in [0.15, 0.2) is 78.4 Å². The van der Waals surface area contributed by atoms with E-state index in [0.29, 0.717) is 24.1 Å². The number of fused-ring (bicyclic) bond motifs is 1. The van der Waals surface area contributed by atoms with Crippen LogP contribution < -0.4 is 14.8 Å². The first kappa shape index (κ1) is 23.0. The van der Waals surface area contributed by atoms with E-state index in [1.165, 1.54) is 11.3 Å². The van der Waals surface area contributed by atoms with Crippen molar-refractivity contribution in [3.63, 3.8) is 0 Å². The third kappa shape index (κ3) is 6.21. The summed E-state index contributed by atoms with van der Waals surface area (Å²) in [6.07, 6.45) is 2.29. The zero-order valence-corrected chi connectivity index (χ0v) is 19.5. The minimum atomic E-state index is -0.490. The minimum Gasteiger partial charge on any atom is -0.493 e. The average Bonchev–Trinajstić information content (AvgIpc) is 3.25. The van der Waals surface area contributed by atoms with Crippen molar-refractivity contribution in [2.75, 3.05) is 18.5 Å². The number of rotatable bonds is 9. The summed E-state index contributed by atoms with van der Waals surface area (Å²) in [5, 5.41) is 12.6. The van der Waals surface area contributed by atoms with Crippen LogP contribution in [-0.4, -0.2) is 24.1 Å². The molecule has 4 aromatic rings. The number of thiazole rings is 1. The van der Waals surface area contributed by atoms with Gasteiger partial charge in [-0.25, -0.2) is 4.98 Å². The number of nitrogens with zero attached hydrogens (tertiary/aromatic N) is 2. The van der Waals surface area contributed by atoms with Gasteiger partial charge in [0.2, 0.25) is 0 Å². The van der Waals surface area contributed by atoms with Gasteiger partial charge in [0.1, 0.15) is 23.1 Å². The maximum Gasteiger partial charge on any atom is 0.268 e. The van der Waals surface area contributed by atoms with Gasteiger partial charge in [-0.2, -0.15) is 5.26 Å². The van der Waals surface area contributed by atoms with Crippen molar-refractivity contribution in [2.45, 2.75) is 13.3 Å². The van der Waals surface area contributed by atoms with E-state index in [4.69, 9.17) is 9.47 Å². The molecule has 0 spiro atoms. The number of aromatic nitrogens is 1. The normalized spacial score (nSPS) is 11.1. The molecule has 0 aliphatic carbocycles. The van der Waals surface area contributed by atoms with E-state index in [1.807, 2.05) is 73.7 Å². The molecule has 34 heavy (non-hydrogen) atoms. The molecule has 6 nitrogen and oxygen atoms in total. The molecule has 1 N–H and O–H groups in total. The van der Waals surface area contributed by atoms with Gasteiger partial charge in [-0.15, -0.1) is 0 Å². The Labute approximate surface area is 202 Å². The number of nitrogens with one attached hydrogen (secondary N) is 1. The number of para-hydroxylation sites is 1. The van der Waals surface area contributed by atoms with Crippen molar-refractivity contribution < 1.29 is 14.3 Å². The molecule has 0 aliphatic heterocycles. The Kier molecular flexibility index (Phi) is 7.53. The number of hydrogen-bond acceptors (Lipinski definition) is 6. The molecule has 0 radical (unpaired) electrons. The highest BCUT2D eigenvalue weighted by Gasteiger charge is 2.12. The summed E-state index contributed by atoms with van der Waals surface area (Å²) in [7, 11) is 0. The summed E-state index contributed by atoms with van der Waals surface area (Å²) >= 11 is 1.37. The van der Waals surface area contributed by atoms with E-state index in [2.05, 4.69) is 10.3 Å². The van der Waals surface area contributed by atoms with Crippen LogP contribution >= 0.6 is 11.3 Å². The number of ether oxygens (including phenoxy) is 2. The molecule has 1 aromatic heterocycles. The van der Waals surface area contributed by atoms with Crippen molar-refractivity contribution in [3.05, 3.63) is 89.5 Å². The highest BCUT2D eigenvalue weighted by atomic mass is 32.1. The summed E-state index contributed by atoms with van der Waals surface area (Å²) in [6, 6.07) is 24.8. The zero-order chi connectivity index (χ0) is 23.8. The van der Waals surface area contributed by atoms with Crippen LogP contribution in [0.3, 0.4) is 0 Å². The highest BCUT2D eigenvalue weighted by Crippen LogP contribution is 2.26. The number of carbonyl (C=O) groups excluding carboxylic acids is 1. The molecule has 7 heteroatoms. The molecule has 1 heterocycles. The topological polar surface area (TPSA) is 84.2 Å². The van der Waals surface area contributed by atoms with Gasteiger partial charge in [0, 0.05) is 6.42 Å². The van der Waals surface area contributed by atoms with Crippen LogP contribution in [0.1, 0.15) is 17.5 Å². The molecule has 4 rings (SSSR count). The number of benzene rings is 3. The van der Waals surface area contributed by atoms with Gasteiger partial charge in [0.05, 0.1) is 23.4 Å². The predicted molar refractivity (Wildman–Crippen MR) is 135 cm³/mol. The molecule has 0 atom stereocenters. The molecule has 0 unspecified atom stereocenters. The van der Waals surface area contributed by atoms with Crippen molar-refractivity contribution in [3.8, 4) is 17.6 Å². The standard InChI is InChI=1S/C27H23N3O3S/c1-19-6-4-7-23(16-19)33-15-5-14-32-22-12-10-20(11-13-22)17-21(18-28)26(31)30-27-29-24-8-2-3-9-25(24)34-27/h2-4,6-13,16-17H,5,14-15H2,1H3,(H,29,30,31)/b21-17+. The molecular weight excluding hydrogens is 446 g/mol. The fourth-order valence-electron chi connectivity index (χ4n) is 3.21. The van der Waals surface area contributed by atoms with Gasteiger partial charge in [-0.05, 0) is 60.5 Å². The fraction of sp³-hybridized carbons (Fsp3) is 0.148. The van der Waals surface area contributed by atoms with Crippen molar-refractivity contribution in [2.24, 2.45) is 0 Å². The minimum absolute atomic E-state index is 0.00113. The van der Waals surface area contributed by atoms with Gasteiger partial charge >= 0.3 is 0 Å². The second-order valence-corrected chi connectivity index (χ2v) is 8.58. The van der Waals surface area contributed by atoms with Crippen LogP contribution in [0.5, 0.6) is 11.5 Å². The maximum absolute atomic E-state index is 12.5. The lowest BCUT2D eigenvalue weighted by atomic mass is 10.1. The Morgan fingerprint density at radius 1 is 1.03 bits per heavy atom. The van der Waals surface area contributed by atoms with E-state index in [-0.39, 0.29) is 5.57 Å². The quantitative estimate of drug-likeness (QED) is 0.185. The van der Waals surface area contributed by atoms with Crippen LogP contribution in [-0.2, 0) is 4.79 Å². The van der Waals surface area contributed by atoms with Crippen LogP contribution in [0.2, 0.25) is 0 Å². The van der Waals surface area contributed by atoms with E-state index < -0.39 is 5.91 Å². The molecule has 0 fully saturated rings. The van der Waals surface area contributed by atoms with Crippen LogP contribution in [0.4, 0.5) is 5.13 Å². The molecule has 0 aliphatic rings. The first-order valence-electron chi connectivity index (χ1n) is 10.8. The maximum atomic E-state index is 12.5. The van der Waals surface area contributed by atoms with Crippen LogP contribution in [0.25, 0.3) is 16.3 Å². The van der Waals surface area contributed by atoms with Crippen molar-refractivity contribution in [1.82, 2.24) is 4.98 Å². The van der Waals surface area contributed by atoms with Gasteiger partial charge in [-0.1, -0.05) is 47.7 Å². The summed E-state index contributed by atoms with van der Waals surface area (Å²) in [4.78, 5) is 16.9. The first-order valence-corrected chi connectivity index (χ1v) is 11.6. The lowest BCUT2D eigenvalue weighted by molar-refractivity contribution is -0.112. The molecule has 0 saturated heterocycles. The Morgan fingerprint density at radius 3 is 2.53 bits per heavy atom. The van der Waals surface area contributed by atoms with E-state index in [1.54, 1.807) is 18.2 Å². The van der Waals surface area contributed by atoms with E-state index in [0.717, 1.165) is 33.5 Å². The van der Waals surface area contributed by atoms with Crippen molar-refractivity contribution in [1.29, 1.82) is 5.26 Å². The Bertz CT molecular complexity index is 1320. The summed E-state index contributed by atoms with van der Waals surface area (Å²) in [5.74, 6) is 1.08. The average molecular weight is 470 g/mol. The number of anilines is 1. The predicted octanol–water partition coefficient (Wildman–Crippen LogP) is 6.00. The number of carbonyl (C=O) groups is 1. The Hall–Kier alpha value is -4.15. The number of amides is 1. The number of aryl methyl sites for hydroxylation is 1. The van der Waals surface area contributed by atoms with Gasteiger partial charge in [-0.3, -0.25) is 10.1 Å². The number of hydrogen-bond donors (Lipinski definition) is 1. The zero-order valence-electron chi connectivity index (χ0n) is 18.7. The molecule has 0 saturated carbocycles. The monoisotopic (exact) mass is 469 g/mol. The molecule has 3 aromatic carbocycles. The van der Waals surface area contributed by atoms with E-state index in [9.17, 15) is 10.1 Å². The molecule has 0 bridgehead atoms. The smallest absolute Gasteiger partial charge is 0.268 e. The highest BCUT2D eigenvalue weighted by molar-refractivity contribution is 7.22. The van der Waals surface area contributed by atoms with Gasteiger partial charge in [0.15, 0.2) is 5.13 Å². The lowest BCUT2D eigenvalue weighted by Crippen LogP contribution is -2.13. The third-order valence-corrected chi connectivity index (χ3v) is 5.84. The Morgan fingerprint density at radius 2 is 1.79 bits per heavy atom. The molecule has 1 amide bonds. The largest absolute Gasteiger partial charge is 0.493 e. The summed E-state index contributed by atoms with van der Waals surface area (Å²) in [6.45, 7) is 3.12. The van der Waals surface area contributed by atoms with Crippen molar-refractivity contribution >= 4 is 38.7 Å². The lowest BCUT2D eigenvalue weighted by Gasteiger charge is -2.09. The van der Waals surface area contributed by atoms with E-state index >= 15 is 0 Å².